The molecule has 20 heavy (non-hydrogen) atoms. The van der Waals surface area contributed by atoms with Gasteiger partial charge in [-0.05, 0) is 19.4 Å². The quantitative estimate of drug-likeness (QED) is 0.904. The minimum absolute atomic E-state index is 0.105. The molecular weight excluding hydrogens is 260 g/mol. The molecule has 2 fully saturated rings. The third kappa shape index (κ3) is 2.73. The van der Waals surface area contributed by atoms with Crippen molar-refractivity contribution in [1.29, 1.82) is 0 Å². The third-order valence-corrected chi connectivity index (χ3v) is 3.54. The van der Waals surface area contributed by atoms with E-state index in [4.69, 9.17) is 18.9 Å². The molecule has 3 unspecified atom stereocenters. The normalized spacial score (nSPS) is 35.1. The van der Waals surface area contributed by atoms with Gasteiger partial charge in [0.2, 0.25) is 0 Å². The molecule has 2 aliphatic heterocycles. The average molecular weight is 280 g/mol. The number of aliphatic hydroxyl groups excluding tert-OH is 1. The predicted molar refractivity (Wildman–Crippen MR) is 70.8 cm³/mol. The molecule has 2 aliphatic rings. The zero-order valence-electron chi connectivity index (χ0n) is 11.7. The Morgan fingerprint density at radius 3 is 2.55 bits per heavy atom. The molecule has 0 radical (unpaired) electrons. The van der Waals surface area contributed by atoms with Crippen LogP contribution in [0.4, 0.5) is 0 Å². The first-order valence-electron chi connectivity index (χ1n) is 6.86. The van der Waals surface area contributed by atoms with E-state index >= 15 is 0 Å². The van der Waals surface area contributed by atoms with Gasteiger partial charge in [0, 0.05) is 0 Å². The van der Waals surface area contributed by atoms with E-state index in [1.165, 1.54) is 0 Å². The summed E-state index contributed by atoms with van der Waals surface area (Å²) in [7, 11) is 0. The third-order valence-electron chi connectivity index (χ3n) is 3.54. The molecule has 3 rings (SSSR count). The molecule has 1 N–H and O–H groups in total. The second-order valence-corrected chi connectivity index (χ2v) is 5.59. The second-order valence-electron chi connectivity index (χ2n) is 5.59. The fourth-order valence-corrected chi connectivity index (χ4v) is 2.68. The molecule has 0 amide bonds. The number of benzene rings is 1. The maximum atomic E-state index is 9.37. The van der Waals surface area contributed by atoms with Gasteiger partial charge in [-0.2, -0.15) is 0 Å². The van der Waals surface area contributed by atoms with E-state index in [0.717, 1.165) is 5.56 Å². The highest BCUT2D eigenvalue weighted by atomic mass is 16.8. The molecule has 2 saturated heterocycles. The summed E-state index contributed by atoms with van der Waals surface area (Å²) in [4.78, 5) is 0. The van der Waals surface area contributed by atoms with E-state index in [2.05, 4.69) is 0 Å². The SMILES string of the molecule is CC1(C)OC2C(OCc3ccccc3)O[C@@H](CO)C2O1. The van der Waals surface area contributed by atoms with Crippen molar-refractivity contribution in [2.24, 2.45) is 0 Å². The van der Waals surface area contributed by atoms with Crippen LogP contribution in [0.1, 0.15) is 19.4 Å². The lowest BCUT2D eigenvalue weighted by Gasteiger charge is -2.23. The first-order chi connectivity index (χ1) is 9.59. The summed E-state index contributed by atoms with van der Waals surface area (Å²) < 4.78 is 23.1. The van der Waals surface area contributed by atoms with Crippen LogP contribution in [0.2, 0.25) is 0 Å². The summed E-state index contributed by atoms with van der Waals surface area (Å²) >= 11 is 0. The van der Waals surface area contributed by atoms with Crippen molar-refractivity contribution in [2.75, 3.05) is 6.61 Å². The molecule has 1 aromatic carbocycles. The fraction of sp³-hybridized carbons (Fsp3) is 0.600. The van der Waals surface area contributed by atoms with Crippen molar-refractivity contribution >= 4 is 0 Å². The van der Waals surface area contributed by atoms with E-state index in [1.807, 2.05) is 44.2 Å². The first-order valence-corrected chi connectivity index (χ1v) is 6.86. The minimum Gasteiger partial charge on any atom is -0.394 e. The molecule has 110 valence electrons. The highest BCUT2D eigenvalue weighted by molar-refractivity contribution is 5.13. The van der Waals surface area contributed by atoms with Gasteiger partial charge < -0.3 is 24.1 Å². The second kappa shape index (κ2) is 5.42. The monoisotopic (exact) mass is 280 g/mol. The fourth-order valence-electron chi connectivity index (χ4n) is 2.68. The molecule has 1 aromatic rings. The van der Waals surface area contributed by atoms with Gasteiger partial charge in [0.25, 0.3) is 0 Å². The van der Waals surface area contributed by atoms with Crippen molar-refractivity contribution in [3.8, 4) is 0 Å². The van der Waals surface area contributed by atoms with Crippen molar-refractivity contribution in [2.45, 2.75) is 50.8 Å². The smallest absolute Gasteiger partial charge is 0.187 e. The number of fused-ring (bicyclic) bond motifs is 1. The van der Waals surface area contributed by atoms with Gasteiger partial charge in [0.1, 0.15) is 18.3 Å². The lowest BCUT2D eigenvalue weighted by Crippen LogP contribution is -2.32. The minimum atomic E-state index is -0.666. The number of hydrogen-bond acceptors (Lipinski definition) is 5. The van der Waals surface area contributed by atoms with Crippen LogP contribution in [0.3, 0.4) is 0 Å². The molecule has 0 aromatic heterocycles. The highest BCUT2D eigenvalue weighted by Crippen LogP contribution is 2.39. The Labute approximate surface area is 118 Å². The molecular formula is C15H20O5. The molecule has 5 heteroatoms. The van der Waals surface area contributed by atoms with Crippen LogP contribution in [-0.2, 0) is 25.6 Å². The Hall–Kier alpha value is -0.980. The Balaban J connectivity index is 1.65. The van der Waals surface area contributed by atoms with Crippen molar-refractivity contribution < 1.29 is 24.1 Å². The van der Waals surface area contributed by atoms with E-state index in [9.17, 15) is 5.11 Å². The number of rotatable bonds is 4. The van der Waals surface area contributed by atoms with Crippen LogP contribution in [0, 0.1) is 0 Å². The number of ether oxygens (including phenoxy) is 4. The maximum absolute atomic E-state index is 9.37. The Kier molecular flexibility index (Phi) is 3.79. The zero-order valence-corrected chi connectivity index (χ0v) is 11.7. The molecule has 0 saturated carbocycles. The Morgan fingerprint density at radius 2 is 1.85 bits per heavy atom. The average Bonchev–Trinajstić information content (AvgIpc) is 2.91. The highest BCUT2D eigenvalue weighted by Gasteiger charge is 2.55. The molecule has 0 spiro atoms. The van der Waals surface area contributed by atoms with E-state index in [1.54, 1.807) is 0 Å². The Morgan fingerprint density at radius 1 is 1.15 bits per heavy atom. The number of aliphatic hydroxyl groups is 1. The van der Waals surface area contributed by atoms with Gasteiger partial charge >= 0.3 is 0 Å². The predicted octanol–water partition coefficient (Wildman–Crippen LogP) is 1.44. The summed E-state index contributed by atoms with van der Waals surface area (Å²) in [5.74, 6) is -0.666. The summed E-state index contributed by atoms with van der Waals surface area (Å²) in [6.45, 7) is 4.05. The largest absolute Gasteiger partial charge is 0.394 e. The van der Waals surface area contributed by atoms with Crippen LogP contribution in [0.25, 0.3) is 0 Å². The van der Waals surface area contributed by atoms with Gasteiger partial charge in [-0.3, -0.25) is 0 Å². The van der Waals surface area contributed by atoms with Crippen molar-refractivity contribution in [3.63, 3.8) is 0 Å². The molecule has 0 aliphatic carbocycles. The van der Waals surface area contributed by atoms with Crippen molar-refractivity contribution in [3.05, 3.63) is 35.9 Å². The number of hydrogen-bond donors (Lipinski definition) is 1. The molecule has 5 nitrogen and oxygen atoms in total. The lowest BCUT2D eigenvalue weighted by atomic mass is 10.1. The van der Waals surface area contributed by atoms with Gasteiger partial charge in [0.15, 0.2) is 12.1 Å². The lowest BCUT2D eigenvalue weighted by molar-refractivity contribution is -0.239. The first kappa shape index (κ1) is 14.0. The van der Waals surface area contributed by atoms with E-state index in [-0.39, 0.29) is 18.8 Å². The van der Waals surface area contributed by atoms with Gasteiger partial charge in [-0.1, -0.05) is 30.3 Å². The van der Waals surface area contributed by atoms with Crippen LogP contribution in [0.5, 0.6) is 0 Å². The van der Waals surface area contributed by atoms with Crippen molar-refractivity contribution in [1.82, 2.24) is 0 Å². The van der Waals surface area contributed by atoms with Crippen LogP contribution < -0.4 is 0 Å². The Bertz CT molecular complexity index is 447. The standard InChI is InChI=1S/C15H20O5/c1-15(2)19-12-11(8-16)18-14(13(12)20-15)17-9-10-6-4-3-5-7-10/h3-7,11-14,16H,8-9H2,1-2H3/t11-,12?,13?,14?/m0/s1. The summed E-state index contributed by atoms with van der Waals surface area (Å²) in [6, 6.07) is 9.87. The summed E-state index contributed by atoms with van der Waals surface area (Å²) in [6.07, 6.45) is -1.50. The van der Waals surface area contributed by atoms with E-state index < -0.39 is 18.2 Å². The van der Waals surface area contributed by atoms with Gasteiger partial charge in [-0.15, -0.1) is 0 Å². The van der Waals surface area contributed by atoms with Crippen LogP contribution >= 0.6 is 0 Å². The summed E-state index contributed by atoms with van der Waals surface area (Å²) in [5.41, 5.74) is 1.07. The van der Waals surface area contributed by atoms with Gasteiger partial charge in [-0.25, -0.2) is 0 Å². The molecule has 4 atom stereocenters. The van der Waals surface area contributed by atoms with Crippen LogP contribution in [-0.4, -0.2) is 42.1 Å². The molecule has 0 bridgehead atoms. The zero-order chi connectivity index (χ0) is 14.2. The topological polar surface area (TPSA) is 57.2 Å². The van der Waals surface area contributed by atoms with E-state index in [0.29, 0.717) is 6.61 Å². The maximum Gasteiger partial charge on any atom is 0.187 e. The summed E-state index contributed by atoms with van der Waals surface area (Å²) in [5, 5.41) is 9.37. The van der Waals surface area contributed by atoms with Crippen LogP contribution in [0.15, 0.2) is 30.3 Å². The molecule has 2 heterocycles. The van der Waals surface area contributed by atoms with Gasteiger partial charge in [0.05, 0.1) is 13.2 Å².